The number of aliphatic hydroxyl groups is 1. The van der Waals surface area contributed by atoms with E-state index in [1.54, 1.807) is 25.6 Å². The second kappa shape index (κ2) is 5.76. The number of hydrogen-bond donors (Lipinski definition) is 1. The maximum atomic E-state index is 11.2. The van der Waals surface area contributed by atoms with Gasteiger partial charge >= 0.3 is 5.69 Å². The predicted octanol–water partition coefficient (Wildman–Crippen LogP) is 0.140. The summed E-state index contributed by atoms with van der Waals surface area (Å²) in [4.78, 5) is 15.0. The molecule has 0 aromatic carbocycles. The fraction of sp³-hybridized carbons (Fsp3) is 0.750. The molecule has 2 heterocycles. The van der Waals surface area contributed by atoms with Crippen LogP contribution in [0.5, 0.6) is 0 Å². The highest BCUT2D eigenvalue weighted by molar-refractivity contribution is 5.61. The van der Waals surface area contributed by atoms with E-state index in [0.29, 0.717) is 31.1 Å². The zero-order valence-corrected chi connectivity index (χ0v) is 12.1. The molecule has 0 saturated carbocycles. The number of anilines is 1. The first-order valence-corrected chi connectivity index (χ1v) is 6.73. The Morgan fingerprint density at radius 1 is 1.40 bits per heavy atom. The fourth-order valence-corrected chi connectivity index (χ4v) is 2.72. The molecule has 1 atom stereocenters. The van der Waals surface area contributed by atoms with E-state index in [-0.39, 0.29) is 16.7 Å². The van der Waals surface area contributed by atoms with Crippen LogP contribution in [0.2, 0.25) is 0 Å². The molecule has 1 aliphatic rings. The third-order valence-corrected chi connectivity index (χ3v) is 3.54. The van der Waals surface area contributed by atoms with Crippen molar-refractivity contribution in [1.29, 1.82) is 0 Å². The van der Waals surface area contributed by atoms with Crippen molar-refractivity contribution in [3.8, 4) is 0 Å². The van der Waals surface area contributed by atoms with E-state index in [0.717, 1.165) is 13.1 Å². The standard InChI is InChI=1S/C12H21N5O3/c1-9(18)8-15-4-6-16(7-5-15)12-11(17(19)20)10(2)13-14(12)3/h9,18H,4-8H2,1-3H3/t9-/m1/s1. The number of rotatable bonds is 4. The highest BCUT2D eigenvalue weighted by Gasteiger charge is 2.30. The molecule has 1 aliphatic heterocycles. The Morgan fingerprint density at radius 3 is 2.50 bits per heavy atom. The summed E-state index contributed by atoms with van der Waals surface area (Å²) in [6, 6.07) is 0. The minimum Gasteiger partial charge on any atom is -0.392 e. The average molecular weight is 283 g/mol. The molecular weight excluding hydrogens is 262 g/mol. The van der Waals surface area contributed by atoms with E-state index in [1.807, 2.05) is 4.90 Å². The van der Waals surface area contributed by atoms with Gasteiger partial charge in [-0.3, -0.25) is 15.0 Å². The molecule has 8 nitrogen and oxygen atoms in total. The lowest BCUT2D eigenvalue weighted by Gasteiger charge is -2.35. The van der Waals surface area contributed by atoms with Crippen molar-refractivity contribution >= 4 is 11.5 Å². The SMILES string of the molecule is Cc1nn(C)c(N2CCN(C[C@@H](C)O)CC2)c1[N+](=O)[O-]. The molecule has 1 aromatic rings. The maximum Gasteiger partial charge on any atom is 0.333 e. The van der Waals surface area contributed by atoms with Crippen LogP contribution in [0.25, 0.3) is 0 Å². The van der Waals surface area contributed by atoms with Crippen molar-refractivity contribution in [1.82, 2.24) is 14.7 Å². The fourth-order valence-electron chi connectivity index (χ4n) is 2.72. The van der Waals surface area contributed by atoms with Gasteiger partial charge in [-0.15, -0.1) is 0 Å². The van der Waals surface area contributed by atoms with Crippen molar-refractivity contribution in [3.05, 3.63) is 15.8 Å². The van der Waals surface area contributed by atoms with E-state index in [1.165, 1.54) is 0 Å². The van der Waals surface area contributed by atoms with Gasteiger partial charge in [0.15, 0.2) is 0 Å². The molecule has 0 amide bonds. The van der Waals surface area contributed by atoms with Crippen molar-refractivity contribution in [2.45, 2.75) is 20.0 Å². The van der Waals surface area contributed by atoms with Crippen LogP contribution in [-0.2, 0) is 7.05 Å². The van der Waals surface area contributed by atoms with Gasteiger partial charge in [-0.2, -0.15) is 5.10 Å². The summed E-state index contributed by atoms with van der Waals surface area (Å²) in [5, 5.41) is 24.7. The van der Waals surface area contributed by atoms with E-state index in [2.05, 4.69) is 10.00 Å². The van der Waals surface area contributed by atoms with E-state index < -0.39 is 0 Å². The zero-order chi connectivity index (χ0) is 14.9. The Bertz CT molecular complexity index is 492. The lowest BCUT2D eigenvalue weighted by atomic mass is 10.2. The smallest absolute Gasteiger partial charge is 0.333 e. The largest absolute Gasteiger partial charge is 0.392 e. The van der Waals surface area contributed by atoms with E-state index in [9.17, 15) is 15.2 Å². The second-order valence-electron chi connectivity index (χ2n) is 5.28. The van der Waals surface area contributed by atoms with Crippen molar-refractivity contribution < 1.29 is 10.0 Å². The van der Waals surface area contributed by atoms with Gasteiger partial charge in [0.1, 0.15) is 5.69 Å². The van der Waals surface area contributed by atoms with Gasteiger partial charge < -0.3 is 10.0 Å². The number of aliphatic hydroxyl groups excluding tert-OH is 1. The van der Waals surface area contributed by atoms with Crippen LogP contribution < -0.4 is 4.90 Å². The van der Waals surface area contributed by atoms with Gasteiger partial charge in [0.25, 0.3) is 0 Å². The summed E-state index contributed by atoms with van der Waals surface area (Å²) < 4.78 is 1.58. The molecule has 0 bridgehead atoms. The number of aryl methyl sites for hydroxylation is 2. The molecule has 0 spiro atoms. The number of piperazine rings is 1. The topological polar surface area (TPSA) is 87.7 Å². The maximum absolute atomic E-state index is 11.2. The van der Waals surface area contributed by atoms with Gasteiger partial charge in [-0.1, -0.05) is 0 Å². The van der Waals surface area contributed by atoms with Crippen LogP contribution in [0.4, 0.5) is 11.5 Å². The molecule has 1 fully saturated rings. The highest BCUT2D eigenvalue weighted by atomic mass is 16.6. The van der Waals surface area contributed by atoms with Gasteiger partial charge in [-0.05, 0) is 13.8 Å². The average Bonchev–Trinajstić information content (AvgIpc) is 2.64. The zero-order valence-electron chi connectivity index (χ0n) is 12.1. The summed E-state index contributed by atoms with van der Waals surface area (Å²) in [7, 11) is 1.73. The molecule has 20 heavy (non-hydrogen) atoms. The normalized spacial score (nSPS) is 18.3. The van der Waals surface area contributed by atoms with Gasteiger partial charge in [0.2, 0.25) is 5.82 Å². The van der Waals surface area contributed by atoms with Crippen LogP contribution in [0, 0.1) is 17.0 Å². The van der Waals surface area contributed by atoms with E-state index >= 15 is 0 Å². The number of nitro groups is 1. The Hall–Kier alpha value is -1.67. The molecule has 2 rings (SSSR count). The third-order valence-electron chi connectivity index (χ3n) is 3.54. The van der Waals surface area contributed by atoms with Crippen LogP contribution >= 0.6 is 0 Å². The molecule has 0 radical (unpaired) electrons. The quantitative estimate of drug-likeness (QED) is 0.624. The molecule has 112 valence electrons. The summed E-state index contributed by atoms with van der Waals surface area (Å²) in [6.07, 6.45) is -0.352. The van der Waals surface area contributed by atoms with Crippen LogP contribution in [-0.4, -0.2) is 63.5 Å². The first-order valence-electron chi connectivity index (χ1n) is 6.73. The molecule has 0 aliphatic carbocycles. The van der Waals surface area contributed by atoms with Crippen LogP contribution in [0.1, 0.15) is 12.6 Å². The molecule has 1 aromatic heterocycles. The molecule has 8 heteroatoms. The summed E-state index contributed by atoms with van der Waals surface area (Å²) in [5.41, 5.74) is 0.537. The first kappa shape index (κ1) is 14.7. The van der Waals surface area contributed by atoms with Crippen LogP contribution in [0.3, 0.4) is 0 Å². The van der Waals surface area contributed by atoms with Crippen molar-refractivity contribution in [2.24, 2.45) is 7.05 Å². The third kappa shape index (κ3) is 2.91. The summed E-state index contributed by atoms with van der Waals surface area (Å²) >= 11 is 0. The predicted molar refractivity (Wildman–Crippen MR) is 74.9 cm³/mol. The molecule has 1 saturated heterocycles. The van der Waals surface area contributed by atoms with Crippen molar-refractivity contribution in [2.75, 3.05) is 37.6 Å². The Labute approximate surface area is 117 Å². The Balaban J connectivity index is 2.13. The number of nitrogens with zero attached hydrogens (tertiary/aromatic N) is 5. The van der Waals surface area contributed by atoms with Gasteiger partial charge in [0.05, 0.1) is 11.0 Å². The molecular formula is C12H21N5O3. The van der Waals surface area contributed by atoms with E-state index in [4.69, 9.17) is 0 Å². The Kier molecular flexibility index (Phi) is 4.24. The molecule has 0 unspecified atom stereocenters. The minimum absolute atomic E-state index is 0.0940. The van der Waals surface area contributed by atoms with Gasteiger partial charge in [0, 0.05) is 39.8 Å². The lowest BCUT2D eigenvalue weighted by Crippen LogP contribution is -2.48. The van der Waals surface area contributed by atoms with Gasteiger partial charge in [-0.25, -0.2) is 4.68 Å². The second-order valence-corrected chi connectivity index (χ2v) is 5.28. The highest BCUT2D eigenvalue weighted by Crippen LogP contribution is 2.31. The summed E-state index contributed by atoms with van der Waals surface area (Å²) in [6.45, 7) is 7.03. The first-order chi connectivity index (χ1) is 9.40. The Morgan fingerprint density at radius 2 is 2.00 bits per heavy atom. The number of aromatic nitrogens is 2. The number of β-amino-alcohol motifs (C(OH)–C–C–N with tert-alkyl or cyclic N) is 1. The van der Waals surface area contributed by atoms with Crippen molar-refractivity contribution in [3.63, 3.8) is 0 Å². The minimum atomic E-state index is -0.361. The molecule has 1 N–H and O–H groups in total. The van der Waals surface area contributed by atoms with Crippen LogP contribution in [0.15, 0.2) is 0 Å². The lowest BCUT2D eigenvalue weighted by molar-refractivity contribution is -0.384. The number of hydrogen-bond acceptors (Lipinski definition) is 6. The monoisotopic (exact) mass is 283 g/mol. The summed E-state index contributed by atoms with van der Waals surface area (Å²) in [5.74, 6) is 0.573.